The third kappa shape index (κ3) is 1.93. The van der Waals surface area contributed by atoms with E-state index in [0.717, 1.165) is 0 Å². The summed E-state index contributed by atoms with van der Waals surface area (Å²) >= 11 is 0. The lowest BCUT2D eigenvalue weighted by Crippen LogP contribution is -2.17. The second kappa shape index (κ2) is 3.51. The maximum atomic E-state index is 10.5. The molecule has 0 saturated carbocycles. The molecule has 4 heteroatoms. The molecular formula is C8H10O4. The predicted molar refractivity (Wildman–Crippen MR) is 41.2 cm³/mol. The summed E-state index contributed by atoms with van der Waals surface area (Å²) in [5.74, 6) is -1.58. The van der Waals surface area contributed by atoms with E-state index in [9.17, 15) is 4.79 Å². The van der Waals surface area contributed by atoms with Crippen molar-refractivity contribution in [1.82, 2.24) is 0 Å². The summed E-state index contributed by atoms with van der Waals surface area (Å²) in [6.45, 7) is 0. The van der Waals surface area contributed by atoms with Crippen molar-refractivity contribution < 1.29 is 20.1 Å². The van der Waals surface area contributed by atoms with Crippen LogP contribution in [0.4, 0.5) is 0 Å². The Morgan fingerprint density at radius 2 is 2.25 bits per heavy atom. The monoisotopic (exact) mass is 170 g/mol. The number of carbonyl (C=O) groups is 1. The van der Waals surface area contributed by atoms with Gasteiger partial charge in [0, 0.05) is 5.57 Å². The zero-order valence-corrected chi connectivity index (χ0v) is 6.34. The van der Waals surface area contributed by atoms with Gasteiger partial charge >= 0.3 is 5.97 Å². The molecule has 1 rings (SSSR count). The van der Waals surface area contributed by atoms with E-state index in [-0.39, 0.29) is 5.57 Å². The number of aliphatic hydroxyl groups is 2. The third-order valence-electron chi connectivity index (χ3n) is 1.71. The highest BCUT2D eigenvalue weighted by Gasteiger charge is 2.18. The summed E-state index contributed by atoms with van der Waals surface area (Å²) in [5.41, 5.74) is 0.244. The third-order valence-corrected chi connectivity index (χ3v) is 1.71. The fraction of sp³-hybridized carbons (Fsp3) is 0.375. The van der Waals surface area contributed by atoms with Crippen molar-refractivity contribution in [1.29, 1.82) is 0 Å². The lowest BCUT2D eigenvalue weighted by atomic mass is 9.96. The largest absolute Gasteiger partial charge is 0.481 e. The number of rotatable bonds is 2. The second-order valence-electron chi connectivity index (χ2n) is 2.62. The molecule has 1 atom stereocenters. The number of hydrogen-bond donors (Lipinski definition) is 3. The summed E-state index contributed by atoms with van der Waals surface area (Å²) in [6, 6.07) is 0. The van der Waals surface area contributed by atoms with Gasteiger partial charge in [-0.1, -0.05) is 18.2 Å². The molecule has 0 radical (unpaired) electrons. The van der Waals surface area contributed by atoms with Crippen LogP contribution in [0.3, 0.4) is 0 Å². The molecule has 4 nitrogen and oxygen atoms in total. The Balaban J connectivity index is 2.75. The van der Waals surface area contributed by atoms with E-state index in [0.29, 0.717) is 6.42 Å². The van der Waals surface area contributed by atoms with Gasteiger partial charge in [0.1, 0.15) is 0 Å². The van der Waals surface area contributed by atoms with Gasteiger partial charge in [-0.05, 0) is 6.42 Å². The molecule has 0 fully saturated rings. The smallest absolute Gasteiger partial charge is 0.310 e. The standard InChI is InChI=1S/C8H10O4/c9-7(10)5-2-1-3-6(4-5)8(11)12/h1-2,4,6-7,9-10H,3H2,(H,11,12). The van der Waals surface area contributed by atoms with Gasteiger partial charge in [0.05, 0.1) is 5.92 Å². The molecule has 0 aromatic carbocycles. The van der Waals surface area contributed by atoms with E-state index in [2.05, 4.69) is 0 Å². The highest BCUT2D eigenvalue weighted by Crippen LogP contribution is 2.18. The Morgan fingerprint density at radius 3 is 2.75 bits per heavy atom. The second-order valence-corrected chi connectivity index (χ2v) is 2.62. The fourth-order valence-corrected chi connectivity index (χ4v) is 1.05. The summed E-state index contributed by atoms with van der Waals surface area (Å²) in [4.78, 5) is 10.5. The van der Waals surface area contributed by atoms with Crippen LogP contribution in [-0.2, 0) is 4.79 Å². The summed E-state index contributed by atoms with van der Waals surface area (Å²) in [6.07, 6.45) is 3.32. The molecule has 0 aromatic heterocycles. The molecule has 0 spiro atoms. The molecule has 66 valence electrons. The number of carboxylic acid groups (broad SMARTS) is 1. The summed E-state index contributed by atoms with van der Waals surface area (Å²) in [5, 5.41) is 26.0. The molecule has 1 aliphatic rings. The van der Waals surface area contributed by atoms with Gasteiger partial charge in [0.2, 0.25) is 0 Å². The molecule has 0 saturated heterocycles. The molecule has 3 N–H and O–H groups in total. The zero-order valence-electron chi connectivity index (χ0n) is 6.34. The van der Waals surface area contributed by atoms with Gasteiger partial charge < -0.3 is 15.3 Å². The van der Waals surface area contributed by atoms with Gasteiger partial charge in [0.15, 0.2) is 6.29 Å². The van der Waals surface area contributed by atoms with Crippen LogP contribution in [-0.4, -0.2) is 27.6 Å². The van der Waals surface area contributed by atoms with E-state index in [4.69, 9.17) is 15.3 Å². The van der Waals surface area contributed by atoms with E-state index in [1.54, 1.807) is 6.08 Å². The molecule has 12 heavy (non-hydrogen) atoms. The van der Waals surface area contributed by atoms with Gasteiger partial charge in [-0.3, -0.25) is 4.79 Å². The van der Waals surface area contributed by atoms with Crippen molar-refractivity contribution in [2.45, 2.75) is 12.7 Å². The van der Waals surface area contributed by atoms with E-state index < -0.39 is 18.2 Å². The molecular weight excluding hydrogens is 160 g/mol. The minimum absolute atomic E-state index is 0.244. The Kier molecular flexibility index (Phi) is 2.62. The van der Waals surface area contributed by atoms with Crippen molar-refractivity contribution >= 4 is 5.97 Å². The molecule has 1 aliphatic carbocycles. The molecule has 0 heterocycles. The topological polar surface area (TPSA) is 77.8 Å². The molecule has 0 aromatic rings. The molecule has 1 unspecified atom stereocenters. The molecule has 0 aliphatic heterocycles. The highest BCUT2D eigenvalue weighted by atomic mass is 16.5. The number of allylic oxidation sites excluding steroid dienone is 1. The van der Waals surface area contributed by atoms with E-state index in [1.807, 2.05) is 0 Å². The van der Waals surface area contributed by atoms with Gasteiger partial charge in [-0.15, -0.1) is 0 Å². The normalized spacial score (nSPS) is 22.6. The highest BCUT2D eigenvalue weighted by molar-refractivity contribution is 5.73. The number of aliphatic hydroxyl groups excluding tert-OH is 1. The lowest BCUT2D eigenvalue weighted by Gasteiger charge is -2.13. The predicted octanol–water partition coefficient (Wildman–Crippen LogP) is -0.116. The van der Waals surface area contributed by atoms with Crippen molar-refractivity contribution in [3.63, 3.8) is 0 Å². The van der Waals surface area contributed by atoms with E-state index >= 15 is 0 Å². The number of carboxylic acids is 1. The SMILES string of the molecule is O=C(O)C1C=C(C(O)O)C=CC1. The molecule has 0 bridgehead atoms. The number of hydrogen-bond acceptors (Lipinski definition) is 3. The Morgan fingerprint density at radius 1 is 1.58 bits per heavy atom. The van der Waals surface area contributed by atoms with Crippen LogP contribution in [0.25, 0.3) is 0 Å². The van der Waals surface area contributed by atoms with E-state index in [1.165, 1.54) is 12.2 Å². The summed E-state index contributed by atoms with van der Waals surface area (Å²) in [7, 11) is 0. The first-order valence-electron chi connectivity index (χ1n) is 3.58. The lowest BCUT2D eigenvalue weighted by molar-refractivity contribution is -0.140. The van der Waals surface area contributed by atoms with Crippen LogP contribution < -0.4 is 0 Å². The van der Waals surface area contributed by atoms with Crippen LogP contribution >= 0.6 is 0 Å². The first kappa shape index (κ1) is 8.96. The van der Waals surface area contributed by atoms with Crippen molar-refractivity contribution in [3.8, 4) is 0 Å². The zero-order chi connectivity index (χ0) is 9.14. The first-order chi connectivity index (χ1) is 5.61. The molecule has 0 amide bonds. The Hall–Kier alpha value is -1.13. The summed E-state index contributed by atoms with van der Waals surface area (Å²) < 4.78 is 0. The Bertz CT molecular complexity index is 239. The quantitative estimate of drug-likeness (QED) is 0.505. The van der Waals surface area contributed by atoms with Crippen LogP contribution in [0.2, 0.25) is 0 Å². The van der Waals surface area contributed by atoms with Crippen molar-refractivity contribution in [2.24, 2.45) is 5.92 Å². The average molecular weight is 170 g/mol. The van der Waals surface area contributed by atoms with Crippen LogP contribution in [0.1, 0.15) is 6.42 Å². The maximum Gasteiger partial charge on any atom is 0.310 e. The number of aliphatic carboxylic acids is 1. The Labute approximate surface area is 69.5 Å². The average Bonchev–Trinajstić information content (AvgIpc) is 2.04. The minimum atomic E-state index is -1.58. The fourth-order valence-electron chi connectivity index (χ4n) is 1.05. The van der Waals surface area contributed by atoms with Crippen molar-refractivity contribution in [3.05, 3.63) is 23.8 Å². The van der Waals surface area contributed by atoms with Gasteiger partial charge in [-0.2, -0.15) is 0 Å². The van der Waals surface area contributed by atoms with Crippen LogP contribution in [0.15, 0.2) is 23.8 Å². The minimum Gasteiger partial charge on any atom is -0.481 e. The van der Waals surface area contributed by atoms with Crippen LogP contribution in [0, 0.1) is 5.92 Å². The van der Waals surface area contributed by atoms with Crippen molar-refractivity contribution in [2.75, 3.05) is 0 Å². The maximum absolute atomic E-state index is 10.5. The van der Waals surface area contributed by atoms with Crippen LogP contribution in [0.5, 0.6) is 0 Å². The van der Waals surface area contributed by atoms with Gasteiger partial charge in [-0.25, -0.2) is 0 Å². The van der Waals surface area contributed by atoms with Gasteiger partial charge in [0.25, 0.3) is 0 Å². The first-order valence-corrected chi connectivity index (χ1v) is 3.58.